The van der Waals surface area contributed by atoms with Crippen LogP contribution in [0.1, 0.15) is 19.8 Å². The van der Waals surface area contributed by atoms with E-state index in [0.29, 0.717) is 18.9 Å². The fraction of sp³-hybridized carbons (Fsp3) is 0.562. The van der Waals surface area contributed by atoms with Crippen LogP contribution < -0.4 is 4.90 Å². The largest absolute Gasteiger partial charge is 0.506 e. The summed E-state index contributed by atoms with van der Waals surface area (Å²) < 4.78 is 5.18. The molecule has 1 aromatic carbocycles. The topological polar surface area (TPSA) is 53.0 Å². The highest BCUT2D eigenvalue weighted by molar-refractivity contribution is 5.71. The highest BCUT2D eigenvalue weighted by Crippen LogP contribution is 2.27. The van der Waals surface area contributed by atoms with Gasteiger partial charge in [-0.3, -0.25) is 9.69 Å². The molecule has 0 aromatic heterocycles. The number of esters is 1. The van der Waals surface area contributed by atoms with Gasteiger partial charge in [0.15, 0.2) is 0 Å². The molecule has 5 heteroatoms. The van der Waals surface area contributed by atoms with Crippen LogP contribution in [0.25, 0.3) is 0 Å². The summed E-state index contributed by atoms with van der Waals surface area (Å²) in [5.74, 6) is 0.171. The van der Waals surface area contributed by atoms with Gasteiger partial charge in [0.05, 0.1) is 18.8 Å². The Balaban J connectivity index is 1.76. The summed E-state index contributed by atoms with van der Waals surface area (Å²) in [5, 5.41) is 9.87. The second-order valence-corrected chi connectivity index (χ2v) is 5.33. The van der Waals surface area contributed by atoms with E-state index < -0.39 is 0 Å². The van der Waals surface area contributed by atoms with E-state index in [2.05, 4.69) is 16.7 Å². The summed E-state index contributed by atoms with van der Waals surface area (Å²) in [6.45, 7) is 6.17. The Morgan fingerprint density at radius 2 is 1.95 bits per heavy atom. The Morgan fingerprint density at radius 1 is 1.24 bits per heavy atom. The average molecular weight is 292 g/mol. The van der Waals surface area contributed by atoms with Gasteiger partial charge < -0.3 is 14.7 Å². The molecule has 0 amide bonds. The van der Waals surface area contributed by atoms with Crippen LogP contribution in [0.4, 0.5) is 5.69 Å². The normalized spacial score (nSPS) is 16.0. The summed E-state index contributed by atoms with van der Waals surface area (Å²) in [5.41, 5.74) is 0.864. The van der Waals surface area contributed by atoms with E-state index >= 15 is 0 Å². The number of anilines is 1. The van der Waals surface area contributed by atoms with Crippen molar-refractivity contribution in [2.24, 2.45) is 0 Å². The number of rotatable bonds is 6. The molecule has 0 aliphatic carbocycles. The lowest BCUT2D eigenvalue weighted by molar-refractivity contribution is -0.145. The zero-order valence-corrected chi connectivity index (χ0v) is 12.6. The molecule has 0 saturated carbocycles. The van der Waals surface area contributed by atoms with Crippen molar-refractivity contribution in [1.29, 1.82) is 0 Å². The van der Waals surface area contributed by atoms with Crippen molar-refractivity contribution in [3.05, 3.63) is 24.3 Å². The molecule has 0 bridgehead atoms. The van der Waals surface area contributed by atoms with E-state index in [1.54, 1.807) is 6.07 Å². The van der Waals surface area contributed by atoms with E-state index in [-0.39, 0.29) is 5.97 Å². The second kappa shape index (κ2) is 7.88. The number of unbranched alkanes of at least 4 members (excludes halogenated alkanes) is 1. The van der Waals surface area contributed by atoms with Crippen molar-refractivity contribution in [2.45, 2.75) is 19.8 Å². The van der Waals surface area contributed by atoms with Crippen molar-refractivity contribution >= 4 is 11.7 Å². The first-order valence-electron chi connectivity index (χ1n) is 7.61. The fourth-order valence-electron chi connectivity index (χ4n) is 2.44. The molecule has 1 heterocycles. The quantitative estimate of drug-likeness (QED) is 0.640. The van der Waals surface area contributed by atoms with Gasteiger partial charge in [-0.1, -0.05) is 25.5 Å². The molecule has 0 radical (unpaired) electrons. The number of phenolic OH excluding ortho intramolecular Hbond substituents is 1. The Hall–Kier alpha value is -1.75. The summed E-state index contributed by atoms with van der Waals surface area (Å²) in [6, 6.07) is 7.37. The summed E-state index contributed by atoms with van der Waals surface area (Å²) in [7, 11) is 0. The maximum Gasteiger partial charge on any atom is 0.320 e. The van der Waals surface area contributed by atoms with E-state index in [0.717, 1.165) is 44.7 Å². The fourth-order valence-corrected chi connectivity index (χ4v) is 2.44. The summed E-state index contributed by atoms with van der Waals surface area (Å²) in [6.07, 6.45) is 1.96. The first-order valence-corrected chi connectivity index (χ1v) is 7.61. The highest BCUT2D eigenvalue weighted by atomic mass is 16.5. The predicted molar refractivity (Wildman–Crippen MR) is 82.6 cm³/mol. The van der Waals surface area contributed by atoms with Gasteiger partial charge in [-0.15, -0.1) is 0 Å². The van der Waals surface area contributed by atoms with Gasteiger partial charge in [-0.2, -0.15) is 0 Å². The molecule has 21 heavy (non-hydrogen) atoms. The predicted octanol–water partition coefficient (Wildman–Crippen LogP) is 1.86. The van der Waals surface area contributed by atoms with Crippen LogP contribution in [0, 0.1) is 0 Å². The highest BCUT2D eigenvalue weighted by Gasteiger charge is 2.20. The molecule has 0 spiro atoms. The van der Waals surface area contributed by atoms with Crippen LogP contribution in [0.15, 0.2) is 24.3 Å². The first kappa shape index (κ1) is 15.6. The number of carbonyl (C=O) groups is 1. The molecule has 2 rings (SSSR count). The van der Waals surface area contributed by atoms with Gasteiger partial charge in [0.2, 0.25) is 0 Å². The average Bonchev–Trinajstić information content (AvgIpc) is 2.49. The van der Waals surface area contributed by atoms with Crippen LogP contribution in [0.5, 0.6) is 5.75 Å². The number of piperazine rings is 1. The lowest BCUT2D eigenvalue weighted by Gasteiger charge is -2.35. The van der Waals surface area contributed by atoms with Crippen molar-refractivity contribution in [3.63, 3.8) is 0 Å². The number of ether oxygens (including phenoxy) is 1. The Labute approximate surface area is 126 Å². The lowest BCUT2D eigenvalue weighted by atomic mass is 10.2. The van der Waals surface area contributed by atoms with E-state index in [4.69, 9.17) is 4.74 Å². The smallest absolute Gasteiger partial charge is 0.320 e. The van der Waals surface area contributed by atoms with Crippen LogP contribution in [0.2, 0.25) is 0 Å². The van der Waals surface area contributed by atoms with Crippen LogP contribution in [-0.2, 0) is 9.53 Å². The van der Waals surface area contributed by atoms with E-state index in [1.165, 1.54) is 0 Å². The van der Waals surface area contributed by atoms with E-state index in [1.807, 2.05) is 18.2 Å². The SMILES string of the molecule is CCCCOC(=O)CN1CCN(c2ccccc2O)CC1. The number of hydrogen-bond acceptors (Lipinski definition) is 5. The molecule has 5 nitrogen and oxygen atoms in total. The van der Waals surface area contributed by atoms with Gasteiger partial charge in [0, 0.05) is 26.2 Å². The molecular formula is C16H24N2O3. The monoisotopic (exact) mass is 292 g/mol. The van der Waals surface area contributed by atoms with Gasteiger partial charge >= 0.3 is 5.97 Å². The van der Waals surface area contributed by atoms with Crippen LogP contribution in [-0.4, -0.2) is 55.3 Å². The molecule has 0 atom stereocenters. The number of aromatic hydroxyl groups is 1. The molecule has 0 unspecified atom stereocenters. The van der Waals surface area contributed by atoms with Gasteiger partial charge in [-0.05, 0) is 18.6 Å². The lowest BCUT2D eigenvalue weighted by Crippen LogP contribution is -2.48. The number of carbonyl (C=O) groups excluding carboxylic acids is 1. The Kier molecular flexibility index (Phi) is 5.87. The molecule has 1 aliphatic rings. The molecule has 1 aliphatic heterocycles. The van der Waals surface area contributed by atoms with Crippen molar-refractivity contribution in [2.75, 3.05) is 44.2 Å². The zero-order chi connectivity index (χ0) is 15.1. The van der Waals surface area contributed by atoms with Gasteiger partial charge in [-0.25, -0.2) is 0 Å². The second-order valence-electron chi connectivity index (χ2n) is 5.33. The molecule has 1 fully saturated rings. The number of nitrogens with zero attached hydrogens (tertiary/aromatic N) is 2. The minimum atomic E-state index is -0.139. The minimum Gasteiger partial charge on any atom is -0.506 e. The minimum absolute atomic E-state index is 0.139. The maximum absolute atomic E-state index is 11.7. The standard InChI is InChI=1S/C16H24N2O3/c1-2-3-12-21-16(20)13-17-8-10-18(11-9-17)14-6-4-5-7-15(14)19/h4-7,19H,2-3,8-13H2,1H3. The Bertz CT molecular complexity index is 457. The van der Waals surface area contributed by atoms with Gasteiger partial charge in [0.25, 0.3) is 0 Å². The van der Waals surface area contributed by atoms with Crippen molar-refractivity contribution in [1.82, 2.24) is 4.90 Å². The van der Waals surface area contributed by atoms with Gasteiger partial charge in [0.1, 0.15) is 5.75 Å². The Morgan fingerprint density at radius 3 is 2.62 bits per heavy atom. The van der Waals surface area contributed by atoms with Crippen molar-refractivity contribution in [3.8, 4) is 5.75 Å². The zero-order valence-electron chi connectivity index (χ0n) is 12.6. The van der Waals surface area contributed by atoms with Crippen LogP contribution in [0.3, 0.4) is 0 Å². The third-order valence-electron chi connectivity index (χ3n) is 3.71. The number of benzene rings is 1. The van der Waals surface area contributed by atoms with Crippen LogP contribution >= 0.6 is 0 Å². The molecule has 1 saturated heterocycles. The summed E-state index contributed by atoms with van der Waals surface area (Å²) >= 11 is 0. The van der Waals surface area contributed by atoms with E-state index in [9.17, 15) is 9.90 Å². The number of hydrogen-bond donors (Lipinski definition) is 1. The number of phenols is 1. The first-order chi connectivity index (χ1) is 10.2. The third kappa shape index (κ3) is 4.63. The number of para-hydroxylation sites is 2. The summed E-state index contributed by atoms with van der Waals surface area (Å²) in [4.78, 5) is 15.9. The molecule has 116 valence electrons. The molecular weight excluding hydrogens is 268 g/mol. The molecule has 1 N–H and O–H groups in total. The van der Waals surface area contributed by atoms with Crippen molar-refractivity contribution < 1.29 is 14.6 Å². The maximum atomic E-state index is 11.7. The third-order valence-corrected chi connectivity index (χ3v) is 3.71. The molecule has 1 aromatic rings.